The lowest BCUT2D eigenvalue weighted by molar-refractivity contribution is 0.325. The molecule has 0 spiro atoms. The van der Waals surface area contributed by atoms with Gasteiger partial charge in [-0.05, 0) is 36.8 Å². The summed E-state index contributed by atoms with van der Waals surface area (Å²) in [6.07, 6.45) is 2.21. The molecule has 0 radical (unpaired) electrons. The average molecular weight is 299 g/mol. The van der Waals surface area contributed by atoms with E-state index in [0.29, 0.717) is 4.83 Å². The van der Waals surface area contributed by atoms with Gasteiger partial charge >= 0.3 is 0 Å². The van der Waals surface area contributed by atoms with Gasteiger partial charge in [0.25, 0.3) is 0 Å². The van der Waals surface area contributed by atoms with Crippen molar-refractivity contribution in [2.45, 2.75) is 45.4 Å². The van der Waals surface area contributed by atoms with Crippen LogP contribution in [0.2, 0.25) is 0 Å². The second-order valence-corrected chi connectivity index (χ2v) is 7.20. The summed E-state index contributed by atoms with van der Waals surface area (Å²) in [5.74, 6) is 1.01. The maximum Gasteiger partial charge on any atom is 0.122 e. The number of methoxy groups -OCH3 is 1. The van der Waals surface area contributed by atoms with Gasteiger partial charge in [-0.1, -0.05) is 54.4 Å². The zero-order chi connectivity index (χ0) is 13.1. The molecule has 0 aliphatic carbocycles. The highest BCUT2D eigenvalue weighted by atomic mass is 79.9. The summed E-state index contributed by atoms with van der Waals surface area (Å²) in [5, 5.41) is 0. The number of hydrogen-bond acceptors (Lipinski definition) is 1. The fraction of sp³-hybridized carbons (Fsp3) is 0.600. The molecule has 0 saturated carbocycles. The molecule has 0 aliphatic rings. The van der Waals surface area contributed by atoms with Crippen LogP contribution in [0.3, 0.4) is 0 Å². The van der Waals surface area contributed by atoms with E-state index in [1.165, 1.54) is 11.1 Å². The maximum absolute atomic E-state index is 5.44. The third-order valence-corrected chi connectivity index (χ3v) is 3.26. The van der Waals surface area contributed by atoms with Crippen molar-refractivity contribution >= 4 is 15.9 Å². The van der Waals surface area contributed by atoms with Crippen LogP contribution in [0.5, 0.6) is 5.75 Å². The Balaban J connectivity index is 2.89. The average Bonchev–Trinajstić information content (AvgIpc) is 2.14. The Morgan fingerprint density at radius 3 is 2.53 bits per heavy atom. The van der Waals surface area contributed by atoms with Gasteiger partial charge in [0, 0.05) is 4.83 Å². The van der Waals surface area contributed by atoms with Crippen molar-refractivity contribution in [1.82, 2.24) is 0 Å². The zero-order valence-electron chi connectivity index (χ0n) is 11.5. The SMILES string of the molecule is COc1ccc(C)cc1CC(C)(C)CC(C)Br. The van der Waals surface area contributed by atoms with Gasteiger partial charge in [0.1, 0.15) is 5.75 Å². The molecule has 1 aromatic carbocycles. The molecule has 1 atom stereocenters. The van der Waals surface area contributed by atoms with Gasteiger partial charge in [-0.3, -0.25) is 0 Å². The number of alkyl halides is 1. The summed E-state index contributed by atoms with van der Waals surface area (Å²) in [4.78, 5) is 0.549. The number of aryl methyl sites for hydroxylation is 1. The van der Waals surface area contributed by atoms with E-state index in [2.05, 4.69) is 61.8 Å². The molecule has 0 N–H and O–H groups in total. The first-order valence-electron chi connectivity index (χ1n) is 6.11. The number of halogens is 1. The monoisotopic (exact) mass is 298 g/mol. The molecule has 0 amide bonds. The van der Waals surface area contributed by atoms with Gasteiger partial charge in [0.15, 0.2) is 0 Å². The molecular formula is C15H23BrO. The molecule has 1 nitrogen and oxygen atoms in total. The molecule has 0 saturated heterocycles. The first-order valence-corrected chi connectivity index (χ1v) is 7.03. The molecule has 0 bridgehead atoms. The van der Waals surface area contributed by atoms with Crippen molar-refractivity contribution in [2.75, 3.05) is 7.11 Å². The number of ether oxygens (including phenoxy) is 1. The third kappa shape index (κ3) is 4.71. The Morgan fingerprint density at radius 2 is 2.00 bits per heavy atom. The molecule has 0 aliphatic heterocycles. The van der Waals surface area contributed by atoms with Crippen molar-refractivity contribution in [2.24, 2.45) is 5.41 Å². The minimum Gasteiger partial charge on any atom is -0.496 e. The highest BCUT2D eigenvalue weighted by Gasteiger charge is 2.22. The van der Waals surface area contributed by atoms with Crippen LogP contribution >= 0.6 is 15.9 Å². The first-order chi connectivity index (χ1) is 7.84. The van der Waals surface area contributed by atoms with Crippen LogP contribution in [-0.4, -0.2) is 11.9 Å². The van der Waals surface area contributed by atoms with E-state index in [0.717, 1.165) is 18.6 Å². The van der Waals surface area contributed by atoms with Gasteiger partial charge in [0.2, 0.25) is 0 Å². The molecule has 1 unspecified atom stereocenters. The highest BCUT2D eigenvalue weighted by molar-refractivity contribution is 9.09. The smallest absolute Gasteiger partial charge is 0.122 e. The van der Waals surface area contributed by atoms with Gasteiger partial charge in [-0.15, -0.1) is 0 Å². The second-order valence-electron chi connectivity index (χ2n) is 5.64. The topological polar surface area (TPSA) is 9.23 Å². The lowest BCUT2D eigenvalue weighted by Gasteiger charge is -2.27. The van der Waals surface area contributed by atoms with E-state index in [1.807, 2.05) is 0 Å². The van der Waals surface area contributed by atoms with E-state index in [4.69, 9.17) is 4.74 Å². The standard InChI is InChI=1S/C15H23BrO/c1-11-6-7-14(17-5)13(8-11)10-15(3,4)9-12(2)16/h6-8,12H,9-10H2,1-5H3. The quantitative estimate of drug-likeness (QED) is 0.713. The third-order valence-electron chi connectivity index (χ3n) is 2.94. The summed E-state index contributed by atoms with van der Waals surface area (Å²) in [6.45, 7) is 8.96. The van der Waals surface area contributed by atoms with Crippen LogP contribution in [0.4, 0.5) is 0 Å². The normalized spacial score (nSPS) is 13.5. The molecule has 1 rings (SSSR count). The highest BCUT2D eigenvalue weighted by Crippen LogP contribution is 2.33. The van der Waals surface area contributed by atoms with E-state index < -0.39 is 0 Å². The van der Waals surface area contributed by atoms with E-state index in [-0.39, 0.29) is 5.41 Å². The Morgan fingerprint density at radius 1 is 1.35 bits per heavy atom. The lowest BCUT2D eigenvalue weighted by Crippen LogP contribution is -2.19. The number of benzene rings is 1. The van der Waals surface area contributed by atoms with Crippen LogP contribution in [0.25, 0.3) is 0 Å². The minimum absolute atomic E-state index is 0.282. The van der Waals surface area contributed by atoms with Gasteiger partial charge < -0.3 is 4.74 Å². The van der Waals surface area contributed by atoms with Gasteiger partial charge in [-0.25, -0.2) is 0 Å². The van der Waals surface area contributed by atoms with Crippen LogP contribution < -0.4 is 4.74 Å². The van der Waals surface area contributed by atoms with Crippen molar-refractivity contribution in [1.29, 1.82) is 0 Å². The molecular weight excluding hydrogens is 276 g/mol. The first kappa shape index (κ1) is 14.6. The van der Waals surface area contributed by atoms with Crippen LogP contribution in [0, 0.1) is 12.3 Å². The summed E-state index contributed by atoms with van der Waals surface area (Å²) in [6, 6.07) is 6.40. The van der Waals surface area contributed by atoms with E-state index >= 15 is 0 Å². The summed E-state index contributed by atoms with van der Waals surface area (Å²) < 4.78 is 5.44. The Hall–Kier alpha value is -0.500. The minimum atomic E-state index is 0.282. The Bertz CT molecular complexity index is 369. The largest absolute Gasteiger partial charge is 0.496 e. The number of rotatable bonds is 5. The van der Waals surface area contributed by atoms with Crippen molar-refractivity contribution < 1.29 is 4.74 Å². The summed E-state index contributed by atoms with van der Waals surface area (Å²) in [5.41, 5.74) is 2.89. The summed E-state index contributed by atoms with van der Waals surface area (Å²) in [7, 11) is 1.74. The van der Waals surface area contributed by atoms with Crippen molar-refractivity contribution in [3.8, 4) is 5.75 Å². The lowest BCUT2D eigenvalue weighted by atomic mass is 9.81. The fourth-order valence-electron chi connectivity index (χ4n) is 2.39. The number of hydrogen-bond donors (Lipinski definition) is 0. The van der Waals surface area contributed by atoms with Crippen molar-refractivity contribution in [3.05, 3.63) is 29.3 Å². The molecule has 2 heteroatoms. The van der Waals surface area contributed by atoms with Gasteiger partial charge in [0.05, 0.1) is 7.11 Å². The van der Waals surface area contributed by atoms with Gasteiger partial charge in [-0.2, -0.15) is 0 Å². The fourth-order valence-corrected chi connectivity index (χ4v) is 3.27. The van der Waals surface area contributed by atoms with Crippen LogP contribution in [0.1, 0.15) is 38.3 Å². The Kier molecular flexibility index (Phi) is 5.05. The molecule has 0 heterocycles. The second kappa shape index (κ2) is 5.90. The van der Waals surface area contributed by atoms with Crippen LogP contribution in [-0.2, 0) is 6.42 Å². The molecule has 0 aromatic heterocycles. The van der Waals surface area contributed by atoms with Crippen molar-refractivity contribution in [3.63, 3.8) is 0 Å². The Labute approximate surface area is 114 Å². The predicted octanol–water partition coefficient (Wildman–Crippen LogP) is 4.75. The molecule has 0 fully saturated rings. The molecule has 17 heavy (non-hydrogen) atoms. The predicted molar refractivity (Wildman–Crippen MR) is 78.2 cm³/mol. The maximum atomic E-state index is 5.44. The van der Waals surface area contributed by atoms with E-state index in [9.17, 15) is 0 Å². The van der Waals surface area contributed by atoms with Crippen LogP contribution in [0.15, 0.2) is 18.2 Å². The zero-order valence-corrected chi connectivity index (χ0v) is 13.1. The van der Waals surface area contributed by atoms with E-state index in [1.54, 1.807) is 7.11 Å². The molecule has 96 valence electrons. The molecule has 1 aromatic rings. The summed E-state index contributed by atoms with van der Waals surface area (Å²) >= 11 is 3.64.